The standard InChI is InChI=1S/C79H144O17P2/c1-5-9-13-17-21-25-29-33-35-36-38-41-44-48-52-56-60-64-77(82)90-70-75(96-79(84)66-62-58-54-50-46-42-37-34-30-26-22-18-14-10-6-2)72-94-98(87,88)92-68-73(80)67-91-97(85,86)93-71-74(95-78(83)65-61-57-53-49-45-40-32-28-24-20-16-12-8-4)69-89-76(81)63-59-55-51-47-43-39-31-27-23-19-15-11-7-3/h9,13,21,25,27,31,33,35,38,41,73-75,80H,5-8,10-12,14-20,22-24,26,28-30,32,34,36-37,39-40,42-72H2,1-4H3,(H,85,86)(H,87,88)/b13-9-,25-21-,31-27-,35-33-,41-38-. The van der Waals surface area contributed by atoms with Crippen LogP contribution in [0, 0.1) is 0 Å². The molecule has 0 amide bonds. The van der Waals surface area contributed by atoms with E-state index in [1.165, 1.54) is 141 Å². The van der Waals surface area contributed by atoms with Crippen LogP contribution in [0.1, 0.15) is 362 Å². The van der Waals surface area contributed by atoms with E-state index in [0.29, 0.717) is 25.7 Å². The number of rotatable bonds is 75. The van der Waals surface area contributed by atoms with Gasteiger partial charge in [0.25, 0.3) is 0 Å². The van der Waals surface area contributed by atoms with Crippen LogP contribution in [0.3, 0.4) is 0 Å². The summed E-state index contributed by atoms with van der Waals surface area (Å²) in [6.07, 6.45) is 70.5. The molecule has 0 fully saturated rings. The first kappa shape index (κ1) is 94.8. The smallest absolute Gasteiger partial charge is 0.462 e. The molecule has 0 aliphatic rings. The Morgan fingerprint density at radius 2 is 0.531 bits per heavy atom. The van der Waals surface area contributed by atoms with E-state index in [9.17, 15) is 43.2 Å². The van der Waals surface area contributed by atoms with Gasteiger partial charge in [0.2, 0.25) is 0 Å². The van der Waals surface area contributed by atoms with Crippen LogP contribution in [0.5, 0.6) is 0 Å². The number of aliphatic hydroxyl groups excluding tert-OH is 1. The number of allylic oxidation sites excluding steroid dienone is 10. The minimum Gasteiger partial charge on any atom is -0.462 e. The first-order chi connectivity index (χ1) is 47.7. The van der Waals surface area contributed by atoms with Crippen molar-refractivity contribution in [1.82, 2.24) is 0 Å². The molecule has 0 saturated carbocycles. The van der Waals surface area contributed by atoms with E-state index in [0.717, 1.165) is 141 Å². The molecule has 0 aromatic carbocycles. The van der Waals surface area contributed by atoms with Crippen LogP contribution in [0.15, 0.2) is 60.8 Å². The molecule has 0 saturated heterocycles. The summed E-state index contributed by atoms with van der Waals surface area (Å²) in [5.74, 6) is -2.17. The maximum Gasteiger partial charge on any atom is 0.472 e. The fourth-order valence-corrected chi connectivity index (χ4v) is 12.6. The zero-order chi connectivity index (χ0) is 71.8. The molecule has 0 radical (unpaired) electrons. The first-order valence-electron chi connectivity index (χ1n) is 39.5. The molecule has 0 aromatic rings. The van der Waals surface area contributed by atoms with Gasteiger partial charge in [0.1, 0.15) is 19.3 Å². The Balaban J connectivity index is 5.33. The Kier molecular flexibility index (Phi) is 69.7. The SMILES string of the molecule is CC/C=C\C/C=C\C/C=C\C/C=C\CCCCCCC(=O)OCC(COP(=O)(O)OCC(O)COP(=O)(O)OCC(COC(=O)CCCCCCC/C=C\CCCCCC)OC(=O)CCCCCCCCCCCCCCC)OC(=O)CCCCCCCCCCCCCCCCC. The number of hydrogen-bond acceptors (Lipinski definition) is 15. The quantitative estimate of drug-likeness (QED) is 0.0169. The molecule has 5 atom stereocenters. The largest absolute Gasteiger partial charge is 0.472 e. The highest BCUT2D eigenvalue weighted by molar-refractivity contribution is 7.47. The van der Waals surface area contributed by atoms with Gasteiger partial charge in [-0.05, 0) is 89.9 Å². The second-order valence-electron chi connectivity index (χ2n) is 26.6. The van der Waals surface area contributed by atoms with Crippen molar-refractivity contribution < 1.29 is 80.2 Å². The Hall–Kier alpha value is -3.24. The van der Waals surface area contributed by atoms with Crippen molar-refractivity contribution in [2.75, 3.05) is 39.6 Å². The van der Waals surface area contributed by atoms with Crippen LogP contribution in [0.25, 0.3) is 0 Å². The van der Waals surface area contributed by atoms with Crippen LogP contribution >= 0.6 is 15.6 Å². The third-order valence-electron chi connectivity index (χ3n) is 17.0. The summed E-state index contributed by atoms with van der Waals surface area (Å²) in [4.78, 5) is 72.9. The lowest BCUT2D eigenvalue weighted by Crippen LogP contribution is -2.30. The highest BCUT2D eigenvalue weighted by Gasteiger charge is 2.30. The van der Waals surface area contributed by atoms with E-state index in [1.54, 1.807) is 0 Å². The first-order valence-corrected chi connectivity index (χ1v) is 42.5. The van der Waals surface area contributed by atoms with Gasteiger partial charge in [0.15, 0.2) is 12.2 Å². The van der Waals surface area contributed by atoms with E-state index < -0.39 is 97.5 Å². The summed E-state index contributed by atoms with van der Waals surface area (Å²) in [7, 11) is -9.94. The van der Waals surface area contributed by atoms with Gasteiger partial charge in [-0.1, -0.05) is 307 Å². The van der Waals surface area contributed by atoms with Gasteiger partial charge in [-0.2, -0.15) is 0 Å². The number of carbonyl (C=O) groups excluding carboxylic acids is 4. The molecule has 0 bridgehead atoms. The van der Waals surface area contributed by atoms with Gasteiger partial charge in [-0.15, -0.1) is 0 Å². The molecule has 19 heteroatoms. The van der Waals surface area contributed by atoms with E-state index in [2.05, 4.69) is 88.5 Å². The van der Waals surface area contributed by atoms with E-state index >= 15 is 0 Å². The van der Waals surface area contributed by atoms with Gasteiger partial charge in [0, 0.05) is 25.7 Å². The second kappa shape index (κ2) is 72.1. The fourth-order valence-electron chi connectivity index (χ4n) is 11.0. The molecule has 17 nitrogen and oxygen atoms in total. The molecule has 0 aliphatic heterocycles. The summed E-state index contributed by atoms with van der Waals surface area (Å²) < 4.78 is 68.5. The van der Waals surface area contributed by atoms with Crippen molar-refractivity contribution in [2.45, 2.75) is 380 Å². The monoisotopic (exact) mass is 1430 g/mol. The van der Waals surface area contributed by atoms with Crippen molar-refractivity contribution >= 4 is 39.5 Å². The Morgan fingerprint density at radius 3 is 0.837 bits per heavy atom. The molecule has 0 aromatic heterocycles. The van der Waals surface area contributed by atoms with Crippen LogP contribution in [0.4, 0.5) is 0 Å². The van der Waals surface area contributed by atoms with Crippen molar-refractivity contribution in [3.05, 3.63) is 60.8 Å². The summed E-state index contributed by atoms with van der Waals surface area (Å²) >= 11 is 0. The lowest BCUT2D eigenvalue weighted by molar-refractivity contribution is -0.161. The summed E-state index contributed by atoms with van der Waals surface area (Å²) in [6, 6.07) is 0. The number of carbonyl (C=O) groups is 4. The fraction of sp³-hybridized carbons (Fsp3) is 0.823. The topological polar surface area (TPSA) is 237 Å². The lowest BCUT2D eigenvalue weighted by atomic mass is 10.0. The van der Waals surface area contributed by atoms with E-state index in [-0.39, 0.29) is 25.7 Å². The molecule has 3 N–H and O–H groups in total. The maximum atomic E-state index is 13.1. The van der Waals surface area contributed by atoms with Crippen LogP contribution in [-0.2, 0) is 65.4 Å². The molecule has 98 heavy (non-hydrogen) atoms. The highest BCUT2D eigenvalue weighted by Crippen LogP contribution is 2.45. The minimum absolute atomic E-state index is 0.0958. The van der Waals surface area contributed by atoms with Gasteiger partial charge in [0.05, 0.1) is 26.4 Å². The second-order valence-corrected chi connectivity index (χ2v) is 29.5. The van der Waals surface area contributed by atoms with Gasteiger partial charge in [-0.3, -0.25) is 37.3 Å². The normalized spacial score (nSPS) is 14.2. The van der Waals surface area contributed by atoms with E-state index in [1.807, 2.05) is 0 Å². The predicted octanol–water partition coefficient (Wildman–Crippen LogP) is 22.7. The summed E-state index contributed by atoms with van der Waals surface area (Å²) in [5, 5.41) is 10.6. The third-order valence-corrected chi connectivity index (χ3v) is 18.9. The van der Waals surface area contributed by atoms with Gasteiger partial charge < -0.3 is 33.8 Å². The molecule has 5 unspecified atom stereocenters. The predicted molar refractivity (Wildman–Crippen MR) is 400 cm³/mol. The average Bonchev–Trinajstić information content (AvgIpc) is 1.05. The van der Waals surface area contributed by atoms with E-state index in [4.69, 9.17) is 37.0 Å². The number of unbranched alkanes of at least 4 members (excludes halogenated alkanes) is 39. The molecular weight excluding hydrogens is 1280 g/mol. The van der Waals surface area contributed by atoms with Crippen LogP contribution in [-0.4, -0.2) is 96.7 Å². The molecule has 0 spiro atoms. The maximum absolute atomic E-state index is 13.1. The number of phosphoric acid groups is 2. The number of aliphatic hydroxyl groups is 1. The molecule has 572 valence electrons. The Labute approximate surface area is 597 Å². The number of esters is 4. The number of phosphoric ester groups is 2. The average molecular weight is 1430 g/mol. The number of ether oxygens (including phenoxy) is 4. The molecular formula is C79H144O17P2. The van der Waals surface area contributed by atoms with Crippen LogP contribution in [0.2, 0.25) is 0 Å². The Bertz CT molecular complexity index is 2100. The zero-order valence-electron chi connectivity index (χ0n) is 62.5. The highest BCUT2D eigenvalue weighted by atomic mass is 31.2. The van der Waals surface area contributed by atoms with Crippen molar-refractivity contribution in [1.29, 1.82) is 0 Å². The number of hydrogen-bond donors (Lipinski definition) is 3. The summed E-state index contributed by atoms with van der Waals surface area (Å²) in [6.45, 7) is 4.78. The molecule has 0 rings (SSSR count). The van der Waals surface area contributed by atoms with Crippen molar-refractivity contribution in [3.8, 4) is 0 Å². The third kappa shape index (κ3) is 71.2. The van der Waals surface area contributed by atoms with Gasteiger partial charge >= 0.3 is 39.5 Å². The Morgan fingerprint density at radius 1 is 0.296 bits per heavy atom. The minimum atomic E-state index is -4.97. The van der Waals surface area contributed by atoms with Gasteiger partial charge in [-0.25, -0.2) is 9.13 Å². The zero-order valence-corrected chi connectivity index (χ0v) is 64.3. The lowest BCUT2D eigenvalue weighted by Gasteiger charge is -2.21. The van der Waals surface area contributed by atoms with Crippen LogP contribution < -0.4 is 0 Å². The van der Waals surface area contributed by atoms with Crippen molar-refractivity contribution in [3.63, 3.8) is 0 Å². The molecule has 0 aliphatic carbocycles. The summed E-state index contributed by atoms with van der Waals surface area (Å²) in [5.41, 5.74) is 0. The van der Waals surface area contributed by atoms with Crippen molar-refractivity contribution in [2.24, 2.45) is 0 Å². The molecule has 0 heterocycles.